The minimum atomic E-state index is -3.51. The minimum absolute atomic E-state index is 0.356. The first-order chi connectivity index (χ1) is 9.38. The van der Waals surface area contributed by atoms with E-state index in [-0.39, 0.29) is 0 Å². The molecular weight excluding hydrogens is 342 g/mol. The molecule has 0 bridgehead atoms. The van der Waals surface area contributed by atoms with Crippen molar-refractivity contribution in [3.05, 3.63) is 29.3 Å². The van der Waals surface area contributed by atoms with Crippen LogP contribution in [0.3, 0.4) is 0 Å². The predicted octanol–water partition coefficient (Wildman–Crippen LogP) is 2.53. The smallest absolute Gasteiger partial charge is 0.241 e. The lowest BCUT2D eigenvalue weighted by atomic mass is 9.94. The second-order valence-corrected chi connectivity index (χ2v) is 7.61. The van der Waals surface area contributed by atoms with Gasteiger partial charge in [-0.25, -0.2) is 13.1 Å². The van der Waals surface area contributed by atoms with Crippen molar-refractivity contribution in [2.24, 2.45) is 0 Å². The monoisotopic (exact) mass is 361 g/mol. The standard InChI is InChI=1S/C14H20BrNO3S/c1-11-3-4-13(12(2)9-11)20(17,18)16-14(10-15)5-7-19-8-6-14/h3-4,9,16H,5-8,10H2,1-2H3. The highest BCUT2D eigenvalue weighted by Gasteiger charge is 2.36. The van der Waals surface area contributed by atoms with Gasteiger partial charge in [-0.15, -0.1) is 0 Å². The molecule has 4 nitrogen and oxygen atoms in total. The molecule has 112 valence electrons. The summed E-state index contributed by atoms with van der Waals surface area (Å²) in [7, 11) is -3.51. The van der Waals surface area contributed by atoms with E-state index in [1.165, 1.54) is 0 Å². The highest BCUT2D eigenvalue weighted by molar-refractivity contribution is 9.09. The molecule has 0 radical (unpaired) electrons. The molecule has 20 heavy (non-hydrogen) atoms. The van der Waals surface area contributed by atoms with Crippen molar-refractivity contribution >= 4 is 26.0 Å². The summed E-state index contributed by atoms with van der Waals surface area (Å²) in [6.45, 7) is 4.95. The maximum atomic E-state index is 12.6. The van der Waals surface area contributed by atoms with Crippen molar-refractivity contribution in [1.82, 2.24) is 4.72 Å². The van der Waals surface area contributed by atoms with Crippen molar-refractivity contribution in [1.29, 1.82) is 0 Å². The number of hydrogen-bond acceptors (Lipinski definition) is 3. The Kier molecular flexibility index (Phi) is 4.89. The number of nitrogens with one attached hydrogen (secondary N) is 1. The molecule has 0 spiro atoms. The van der Waals surface area contributed by atoms with Gasteiger partial charge in [-0.3, -0.25) is 0 Å². The zero-order valence-electron chi connectivity index (χ0n) is 11.8. The van der Waals surface area contributed by atoms with Gasteiger partial charge in [0.1, 0.15) is 0 Å². The quantitative estimate of drug-likeness (QED) is 0.838. The van der Waals surface area contributed by atoms with Gasteiger partial charge in [0, 0.05) is 24.1 Å². The van der Waals surface area contributed by atoms with Crippen LogP contribution in [0.1, 0.15) is 24.0 Å². The van der Waals surface area contributed by atoms with Crippen LogP contribution in [0, 0.1) is 13.8 Å². The number of hydrogen-bond donors (Lipinski definition) is 1. The SMILES string of the molecule is Cc1ccc(S(=O)(=O)NC2(CBr)CCOCC2)c(C)c1. The van der Waals surface area contributed by atoms with Crippen LogP contribution in [0.2, 0.25) is 0 Å². The Balaban J connectivity index is 2.30. The fourth-order valence-corrected chi connectivity index (χ4v) is 5.04. The van der Waals surface area contributed by atoms with Crippen molar-refractivity contribution in [3.8, 4) is 0 Å². The van der Waals surface area contributed by atoms with Gasteiger partial charge in [0.05, 0.1) is 4.90 Å². The van der Waals surface area contributed by atoms with Crippen molar-refractivity contribution in [2.45, 2.75) is 37.1 Å². The van der Waals surface area contributed by atoms with Gasteiger partial charge in [-0.2, -0.15) is 0 Å². The van der Waals surface area contributed by atoms with E-state index in [4.69, 9.17) is 4.74 Å². The molecule has 1 aromatic carbocycles. The van der Waals surface area contributed by atoms with Gasteiger partial charge in [-0.1, -0.05) is 33.6 Å². The summed E-state index contributed by atoms with van der Waals surface area (Å²) >= 11 is 3.44. The summed E-state index contributed by atoms with van der Waals surface area (Å²) in [5.41, 5.74) is 1.38. The third-order valence-electron chi connectivity index (χ3n) is 3.68. The van der Waals surface area contributed by atoms with E-state index in [0.717, 1.165) is 11.1 Å². The maximum absolute atomic E-state index is 12.6. The molecule has 1 aliphatic rings. The maximum Gasteiger partial charge on any atom is 0.241 e. The summed E-state index contributed by atoms with van der Waals surface area (Å²) in [5.74, 6) is 0. The zero-order chi connectivity index (χ0) is 14.8. The largest absolute Gasteiger partial charge is 0.381 e. The molecule has 2 rings (SSSR count). The Morgan fingerprint density at radius 2 is 1.95 bits per heavy atom. The lowest BCUT2D eigenvalue weighted by Crippen LogP contribution is -2.53. The minimum Gasteiger partial charge on any atom is -0.381 e. The fraction of sp³-hybridized carbons (Fsp3) is 0.571. The Morgan fingerprint density at radius 1 is 1.30 bits per heavy atom. The van der Waals surface area contributed by atoms with Gasteiger partial charge >= 0.3 is 0 Å². The third-order valence-corrected chi connectivity index (χ3v) is 6.49. The van der Waals surface area contributed by atoms with Crippen LogP contribution in [0.15, 0.2) is 23.1 Å². The highest BCUT2D eigenvalue weighted by atomic mass is 79.9. The van der Waals surface area contributed by atoms with Crippen LogP contribution in [0.4, 0.5) is 0 Å². The number of ether oxygens (including phenoxy) is 1. The van der Waals surface area contributed by atoms with E-state index in [1.54, 1.807) is 6.07 Å². The van der Waals surface area contributed by atoms with Gasteiger partial charge in [-0.05, 0) is 38.3 Å². The van der Waals surface area contributed by atoms with Crippen molar-refractivity contribution in [3.63, 3.8) is 0 Å². The van der Waals surface area contributed by atoms with E-state index in [0.29, 0.717) is 36.3 Å². The number of sulfonamides is 1. The topological polar surface area (TPSA) is 55.4 Å². The Morgan fingerprint density at radius 3 is 2.50 bits per heavy atom. The number of alkyl halides is 1. The average molecular weight is 362 g/mol. The van der Waals surface area contributed by atoms with E-state index in [1.807, 2.05) is 26.0 Å². The van der Waals surface area contributed by atoms with Crippen LogP contribution in [0.5, 0.6) is 0 Å². The van der Waals surface area contributed by atoms with E-state index in [9.17, 15) is 8.42 Å². The van der Waals surface area contributed by atoms with Gasteiger partial charge in [0.15, 0.2) is 0 Å². The predicted molar refractivity (Wildman–Crippen MR) is 82.8 cm³/mol. The molecule has 0 aromatic heterocycles. The second kappa shape index (κ2) is 6.13. The molecule has 6 heteroatoms. The summed E-state index contributed by atoms with van der Waals surface area (Å²) in [6.07, 6.45) is 1.37. The molecule has 0 amide bonds. The summed E-state index contributed by atoms with van der Waals surface area (Å²) < 4.78 is 33.5. The van der Waals surface area contributed by atoms with Gasteiger partial charge in [0.25, 0.3) is 0 Å². The second-order valence-electron chi connectivity index (χ2n) is 5.40. The zero-order valence-corrected chi connectivity index (χ0v) is 14.2. The lowest BCUT2D eigenvalue weighted by molar-refractivity contribution is 0.0557. The van der Waals surface area contributed by atoms with E-state index < -0.39 is 15.6 Å². The summed E-state index contributed by atoms with van der Waals surface area (Å²) in [5, 5.41) is 0.591. The number of halogens is 1. The van der Waals surface area contributed by atoms with E-state index in [2.05, 4.69) is 20.7 Å². The molecule has 1 saturated heterocycles. The number of aryl methyl sites for hydroxylation is 2. The average Bonchev–Trinajstić information content (AvgIpc) is 2.38. The summed E-state index contributed by atoms with van der Waals surface area (Å²) in [4.78, 5) is 0.356. The van der Waals surface area contributed by atoms with Crippen LogP contribution in [-0.4, -0.2) is 32.5 Å². The molecule has 0 unspecified atom stereocenters. The Bertz CT molecular complexity index is 580. The molecule has 1 aliphatic heterocycles. The van der Waals surface area contributed by atoms with Gasteiger partial charge in [0.2, 0.25) is 10.0 Å². The summed E-state index contributed by atoms with van der Waals surface area (Å²) in [6, 6.07) is 5.39. The number of rotatable bonds is 4. The molecule has 1 aromatic rings. The molecule has 1 N–H and O–H groups in total. The molecule has 1 fully saturated rings. The Hall–Kier alpha value is -0.430. The van der Waals surface area contributed by atoms with E-state index >= 15 is 0 Å². The highest BCUT2D eigenvalue weighted by Crippen LogP contribution is 2.26. The molecule has 1 heterocycles. The number of benzene rings is 1. The first-order valence-corrected chi connectivity index (χ1v) is 9.24. The Labute approximate surface area is 129 Å². The first kappa shape index (κ1) is 15.9. The fourth-order valence-electron chi connectivity index (χ4n) is 2.47. The normalized spacial score (nSPS) is 18.9. The van der Waals surface area contributed by atoms with Crippen LogP contribution >= 0.6 is 15.9 Å². The lowest BCUT2D eigenvalue weighted by Gasteiger charge is -2.36. The third kappa shape index (κ3) is 3.42. The van der Waals surface area contributed by atoms with Crippen molar-refractivity contribution < 1.29 is 13.2 Å². The first-order valence-electron chi connectivity index (χ1n) is 6.63. The van der Waals surface area contributed by atoms with Crippen LogP contribution in [-0.2, 0) is 14.8 Å². The van der Waals surface area contributed by atoms with Gasteiger partial charge < -0.3 is 4.74 Å². The van der Waals surface area contributed by atoms with Crippen LogP contribution < -0.4 is 4.72 Å². The molecule has 0 atom stereocenters. The van der Waals surface area contributed by atoms with Crippen molar-refractivity contribution in [2.75, 3.05) is 18.5 Å². The van der Waals surface area contributed by atoms with Crippen LogP contribution in [0.25, 0.3) is 0 Å². The molecule has 0 saturated carbocycles. The molecular formula is C14H20BrNO3S. The molecule has 0 aliphatic carbocycles.